The van der Waals surface area contributed by atoms with Gasteiger partial charge in [-0.15, -0.1) is 0 Å². The lowest BCUT2D eigenvalue weighted by Gasteiger charge is -2.59. The molecule has 1 aromatic rings. The monoisotopic (exact) mass is 362 g/mol. The molecule has 1 aliphatic carbocycles. The van der Waals surface area contributed by atoms with Gasteiger partial charge in [0.1, 0.15) is 5.82 Å². The molecule has 1 aromatic heterocycles. The molecule has 7 heteroatoms. The summed E-state index contributed by atoms with van der Waals surface area (Å²) in [5.41, 5.74) is -0.0291. The first-order valence-electron chi connectivity index (χ1n) is 9.88. The van der Waals surface area contributed by atoms with Gasteiger partial charge >= 0.3 is 0 Å². The molecular weight excluding hydrogens is 328 g/mol. The molecule has 2 aliphatic rings. The van der Waals surface area contributed by atoms with Crippen LogP contribution in [0.3, 0.4) is 0 Å². The Morgan fingerprint density at radius 1 is 1.31 bits per heavy atom. The number of aliphatic imine (C=N–C) groups is 1. The Kier molecular flexibility index (Phi) is 5.28. The number of nitrogens with one attached hydrogen (secondary N) is 2. The highest BCUT2D eigenvalue weighted by Crippen LogP contribution is 2.51. The Bertz CT molecular complexity index is 667. The van der Waals surface area contributed by atoms with E-state index in [4.69, 9.17) is 4.74 Å². The molecule has 1 aliphatic heterocycles. The maximum atomic E-state index is 5.74. The summed E-state index contributed by atoms with van der Waals surface area (Å²) < 4.78 is 7.80. The van der Waals surface area contributed by atoms with Gasteiger partial charge in [0.2, 0.25) is 0 Å². The largest absolute Gasteiger partial charge is 0.378 e. The summed E-state index contributed by atoms with van der Waals surface area (Å²) in [6, 6.07) is 0.672. The fourth-order valence-electron chi connectivity index (χ4n) is 4.00. The van der Waals surface area contributed by atoms with Crippen molar-refractivity contribution in [3.8, 4) is 0 Å². The van der Waals surface area contributed by atoms with Gasteiger partial charge in [-0.3, -0.25) is 4.99 Å². The number of methoxy groups -OCH3 is 1. The highest BCUT2D eigenvalue weighted by molar-refractivity contribution is 5.80. The number of rotatable bonds is 5. The number of aryl methyl sites for hydroxylation is 2. The van der Waals surface area contributed by atoms with Crippen LogP contribution in [-0.4, -0.2) is 52.1 Å². The van der Waals surface area contributed by atoms with Crippen molar-refractivity contribution in [2.45, 2.75) is 84.5 Å². The summed E-state index contributed by atoms with van der Waals surface area (Å²) in [5.74, 6) is 2.95. The van der Waals surface area contributed by atoms with Crippen LogP contribution in [0.25, 0.3) is 0 Å². The second-order valence-corrected chi connectivity index (χ2v) is 8.24. The molecular formula is C19H34N6O. The molecule has 0 amide bonds. The summed E-state index contributed by atoms with van der Waals surface area (Å²) in [5, 5.41) is 11.9. The quantitative estimate of drug-likeness (QED) is 0.618. The Hall–Kier alpha value is -1.63. The van der Waals surface area contributed by atoms with Gasteiger partial charge in [0.25, 0.3) is 0 Å². The highest BCUT2D eigenvalue weighted by Gasteiger charge is 2.58. The van der Waals surface area contributed by atoms with Gasteiger partial charge in [0, 0.05) is 44.0 Å². The molecule has 146 valence electrons. The summed E-state index contributed by atoms with van der Waals surface area (Å²) in [4.78, 5) is 9.26. The standard InChI is InChI=1S/C19H34N6O/c1-7-15-23-16-10-9-13(12-25(16)24-15)21-17(20-8-2)22-14-11-19(5,26-6)18(14,3)4/h13-14H,7-12H2,1-6H3,(H2,20,21,22). The van der Waals surface area contributed by atoms with E-state index in [1.165, 1.54) is 0 Å². The van der Waals surface area contributed by atoms with Crippen molar-refractivity contribution in [2.24, 2.45) is 10.4 Å². The molecule has 0 saturated heterocycles. The zero-order valence-electron chi connectivity index (χ0n) is 17.1. The lowest BCUT2D eigenvalue weighted by atomic mass is 9.56. The molecule has 2 N–H and O–H groups in total. The lowest BCUT2D eigenvalue weighted by Crippen LogP contribution is -2.70. The molecule has 0 bridgehead atoms. The predicted octanol–water partition coefficient (Wildman–Crippen LogP) is 1.91. The Morgan fingerprint density at radius 2 is 2.08 bits per heavy atom. The van der Waals surface area contributed by atoms with Crippen molar-refractivity contribution < 1.29 is 4.74 Å². The number of ether oxygens (including phenoxy) is 1. The van der Waals surface area contributed by atoms with Gasteiger partial charge in [-0.05, 0) is 26.7 Å². The predicted molar refractivity (Wildman–Crippen MR) is 103 cm³/mol. The average molecular weight is 363 g/mol. The average Bonchev–Trinajstić information content (AvgIpc) is 3.03. The van der Waals surface area contributed by atoms with Gasteiger partial charge in [0.15, 0.2) is 11.8 Å². The minimum Gasteiger partial charge on any atom is -0.378 e. The second-order valence-electron chi connectivity index (χ2n) is 8.24. The van der Waals surface area contributed by atoms with Crippen LogP contribution in [0.15, 0.2) is 4.99 Å². The van der Waals surface area contributed by atoms with E-state index >= 15 is 0 Å². The third-order valence-electron chi connectivity index (χ3n) is 6.46. The maximum Gasteiger partial charge on any atom is 0.191 e. The van der Waals surface area contributed by atoms with Crippen LogP contribution in [0.1, 0.15) is 59.1 Å². The number of fused-ring (bicyclic) bond motifs is 1. The van der Waals surface area contributed by atoms with Crippen LogP contribution in [-0.2, 0) is 24.1 Å². The Labute approximate surface area is 157 Å². The topological polar surface area (TPSA) is 76.4 Å². The van der Waals surface area contributed by atoms with E-state index in [1.807, 2.05) is 0 Å². The van der Waals surface area contributed by atoms with E-state index in [2.05, 4.69) is 65.0 Å². The molecule has 0 aromatic carbocycles. The van der Waals surface area contributed by atoms with Crippen LogP contribution in [0.2, 0.25) is 0 Å². The first kappa shape index (κ1) is 19.1. The third kappa shape index (κ3) is 3.33. The van der Waals surface area contributed by atoms with E-state index in [9.17, 15) is 0 Å². The first-order chi connectivity index (χ1) is 12.3. The Balaban J connectivity index is 1.63. The van der Waals surface area contributed by atoms with Crippen molar-refractivity contribution >= 4 is 5.96 Å². The minimum atomic E-state index is -0.0843. The fraction of sp³-hybridized carbons (Fsp3) is 0.842. The number of nitrogens with zero attached hydrogens (tertiary/aromatic N) is 4. The lowest BCUT2D eigenvalue weighted by molar-refractivity contribution is -0.176. The number of hydrogen-bond donors (Lipinski definition) is 2. The summed E-state index contributed by atoms with van der Waals surface area (Å²) in [6.07, 6.45) is 3.88. The summed E-state index contributed by atoms with van der Waals surface area (Å²) in [7, 11) is 1.81. The van der Waals surface area contributed by atoms with E-state index in [1.54, 1.807) is 7.11 Å². The van der Waals surface area contributed by atoms with E-state index in [-0.39, 0.29) is 11.0 Å². The SMILES string of the molecule is CCN=C(NC1CCc2nc(CC)nn2C1)NC1CC(C)(OC)C1(C)C. The molecule has 3 atom stereocenters. The normalized spacial score (nSPS) is 30.5. The van der Waals surface area contributed by atoms with Crippen LogP contribution in [0.5, 0.6) is 0 Å². The fourth-order valence-corrected chi connectivity index (χ4v) is 4.00. The zero-order chi connectivity index (χ0) is 18.9. The van der Waals surface area contributed by atoms with E-state index in [0.717, 1.165) is 56.4 Å². The van der Waals surface area contributed by atoms with Gasteiger partial charge in [-0.1, -0.05) is 20.8 Å². The van der Waals surface area contributed by atoms with Gasteiger partial charge < -0.3 is 15.4 Å². The molecule has 3 rings (SSSR count). The van der Waals surface area contributed by atoms with Crippen molar-refractivity contribution in [3.05, 3.63) is 11.6 Å². The molecule has 3 unspecified atom stereocenters. The van der Waals surface area contributed by atoms with Gasteiger partial charge in [-0.25, -0.2) is 9.67 Å². The number of guanidine groups is 1. The zero-order valence-corrected chi connectivity index (χ0v) is 17.1. The summed E-state index contributed by atoms with van der Waals surface area (Å²) >= 11 is 0. The van der Waals surface area contributed by atoms with E-state index < -0.39 is 0 Å². The van der Waals surface area contributed by atoms with Crippen molar-refractivity contribution in [1.82, 2.24) is 25.4 Å². The highest BCUT2D eigenvalue weighted by atomic mass is 16.5. The Morgan fingerprint density at radius 3 is 2.69 bits per heavy atom. The molecule has 26 heavy (non-hydrogen) atoms. The number of hydrogen-bond acceptors (Lipinski definition) is 4. The summed E-state index contributed by atoms with van der Waals surface area (Å²) in [6.45, 7) is 12.5. The molecule has 1 fully saturated rings. The maximum absolute atomic E-state index is 5.74. The molecule has 0 radical (unpaired) electrons. The number of aromatic nitrogens is 3. The van der Waals surface area contributed by atoms with Crippen molar-refractivity contribution in [3.63, 3.8) is 0 Å². The van der Waals surface area contributed by atoms with Crippen LogP contribution >= 0.6 is 0 Å². The van der Waals surface area contributed by atoms with Crippen LogP contribution in [0.4, 0.5) is 0 Å². The van der Waals surface area contributed by atoms with Crippen molar-refractivity contribution in [1.29, 1.82) is 0 Å². The second kappa shape index (κ2) is 7.18. The van der Waals surface area contributed by atoms with Crippen molar-refractivity contribution in [2.75, 3.05) is 13.7 Å². The van der Waals surface area contributed by atoms with E-state index in [0.29, 0.717) is 12.1 Å². The van der Waals surface area contributed by atoms with Crippen LogP contribution in [0, 0.1) is 5.41 Å². The van der Waals surface area contributed by atoms with Gasteiger partial charge in [0.05, 0.1) is 12.1 Å². The molecule has 1 saturated carbocycles. The molecule has 2 heterocycles. The molecule has 7 nitrogen and oxygen atoms in total. The smallest absolute Gasteiger partial charge is 0.191 e. The third-order valence-corrected chi connectivity index (χ3v) is 6.46. The minimum absolute atomic E-state index is 0.0552. The van der Waals surface area contributed by atoms with Crippen LogP contribution < -0.4 is 10.6 Å². The first-order valence-corrected chi connectivity index (χ1v) is 9.88. The van der Waals surface area contributed by atoms with Gasteiger partial charge in [-0.2, -0.15) is 5.10 Å². The molecule has 0 spiro atoms.